The summed E-state index contributed by atoms with van der Waals surface area (Å²) in [4.78, 5) is 10.4. The van der Waals surface area contributed by atoms with E-state index in [1.54, 1.807) is 11.4 Å². The molecule has 23 heavy (non-hydrogen) atoms. The van der Waals surface area contributed by atoms with E-state index in [1.165, 1.54) is 37.5 Å². The van der Waals surface area contributed by atoms with Crippen LogP contribution in [0.5, 0.6) is 5.75 Å². The maximum atomic E-state index is 12.8. The van der Waals surface area contributed by atoms with Gasteiger partial charge in [-0.1, -0.05) is 12.1 Å². The van der Waals surface area contributed by atoms with Crippen molar-refractivity contribution in [1.82, 2.24) is 0 Å². The highest BCUT2D eigenvalue weighted by molar-refractivity contribution is 7.94. The van der Waals surface area contributed by atoms with Crippen molar-refractivity contribution in [3.05, 3.63) is 58.5 Å². The fraction of sp³-hybridized carbons (Fsp3) is 0.143. The molecule has 0 fully saturated rings. The summed E-state index contributed by atoms with van der Waals surface area (Å²) >= 11 is 1.06. The van der Waals surface area contributed by atoms with Crippen molar-refractivity contribution in [2.75, 3.05) is 18.0 Å². The van der Waals surface area contributed by atoms with Crippen LogP contribution in [0, 0.1) is 10.1 Å². The molecule has 0 unspecified atom stereocenters. The Morgan fingerprint density at radius 2 is 2.17 bits per heavy atom. The summed E-state index contributed by atoms with van der Waals surface area (Å²) in [5.41, 5.74) is -0.133. The predicted molar refractivity (Wildman–Crippen MR) is 88.7 cm³/mol. The van der Waals surface area contributed by atoms with Crippen LogP contribution in [0.4, 0.5) is 11.4 Å². The fourth-order valence-corrected chi connectivity index (χ4v) is 4.49. The first-order valence-corrected chi connectivity index (χ1v) is 8.73. The highest BCUT2D eigenvalue weighted by atomic mass is 32.2. The lowest BCUT2D eigenvalue weighted by atomic mass is 10.2. The molecule has 0 saturated heterocycles. The Morgan fingerprint density at radius 3 is 2.70 bits per heavy atom. The third-order valence-corrected chi connectivity index (χ3v) is 6.13. The minimum absolute atomic E-state index is 0.0439. The number of nitro groups is 1. The van der Waals surface area contributed by atoms with Gasteiger partial charge in [-0.15, -0.1) is 17.9 Å². The SMILES string of the molecule is C=CCN(c1cc([N+](=O)[O-])ccc1OC)S(=O)(=O)c1cccs1. The number of non-ortho nitro benzene ring substituents is 1. The number of anilines is 1. The van der Waals surface area contributed by atoms with E-state index in [2.05, 4.69) is 6.58 Å². The van der Waals surface area contributed by atoms with Crippen molar-refractivity contribution in [2.24, 2.45) is 0 Å². The molecule has 1 aromatic heterocycles. The first-order valence-electron chi connectivity index (χ1n) is 6.41. The van der Waals surface area contributed by atoms with E-state index in [0.717, 1.165) is 15.6 Å². The number of sulfonamides is 1. The molecule has 0 aliphatic heterocycles. The zero-order valence-corrected chi connectivity index (χ0v) is 13.8. The fourth-order valence-electron chi connectivity index (χ4n) is 1.95. The zero-order chi connectivity index (χ0) is 17.0. The Balaban J connectivity index is 2.64. The quantitative estimate of drug-likeness (QED) is 0.433. The van der Waals surface area contributed by atoms with Crippen LogP contribution in [-0.4, -0.2) is 27.0 Å². The molecule has 0 saturated carbocycles. The minimum atomic E-state index is -3.87. The number of ether oxygens (including phenoxy) is 1. The van der Waals surface area contributed by atoms with E-state index >= 15 is 0 Å². The average molecular weight is 354 g/mol. The van der Waals surface area contributed by atoms with Gasteiger partial charge in [-0.05, 0) is 17.5 Å². The second kappa shape index (κ2) is 6.80. The number of nitrogens with zero attached hydrogens (tertiary/aromatic N) is 2. The van der Waals surface area contributed by atoms with Gasteiger partial charge >= 0.3 is 0 Å². The molecule has 2 aromatic rings. The first-order chi connectivity index (χ1) is 10.9. The van der Waals surface area contributed by atoms with E-state index in [-0.39, 0.29) is 27.9 Å². The highest BCUT2D eigenvalue weighted by Crippen LogP contribution is 2.36. The van der Waals surface area contributed by atoms with E-state index in [1.807, 2.05) is 0 Å². The van der Waals surface area contributed by atoms with Gasteiger partial charge in [0.2, 0.25) is 0 Å². The lowest BCUT2D eigenvalue weighted by molar-refractivity contribution is -0.384. The molecule has 0 atom stereocenters. The van der Waals surface area contributed by atoms with E-state index < -0.39 is 14.9 Å². The largest absolute Gasteiger partial charge is 0.495 e. The van der Waals surface area contributed by atoms with Crippen LogP contribution >= 0.6 is 11.3 Å². The molecular formula is C14H14N2O5S2. The summed E-state index contributed by atoms with van der Waals surface area (Å²) < 4.78 is 31.9. The third kappa shape index (κ3) is 3.35. The van der Waals surface area contributed by atoms with Crippen molar-refractivity contribution < 1.29 is 18.1 Å². The third-order valence-electron chi connectivity index (χ3n) is 2.98. The summed E-state index contributed by atoms with van der Waals surface area (Å²) in [6.07, 6.45) is 1.41. The zero-order valence-electron chi connectivity index (χ0n) is 12.2. The maximum absolute atomic E-state index is 12.8. The second-order valence-corrected chi connectivity index (χ2v) is 7.41. The van der Waals surface area contributed by atoms with Crippen LogP contribution in [0.2, 0.25) is 0 Å². The normalized spacial score (nSPS) is 11.0. The van der Waals surface area contributed by atoms with Gasteiger partial charge in [-0.2, -0.15) is 0 Å². The maximum Gasteiger partial charge on any atom is 0.274 e. The Morgan fingerprint density at radius 1 is 1.43 bits per heavy atom. The van der Waals surface area contributed by atoms with Gasteiger partial charge in [0.05, 0.1) is 18.6 Å². The van der Waals surface area contributed by atoms with E-state index in [9.17, 15) is 18.5 Å². The second-order valence-electron chi connectivity index (χ2n) is 4.37. The number of benzene rings is 1. The van der Waals surface area contributed by atoms with Crippen molar-refractivity contribution in [2.45, 2.75) is 4.21 Å². The Labute approximate surface area is 137 Å². The molecular weight excluding hydrogens is 340 g/mol. The molecule has 7 nitrogen and oxygen atoms in total. The van der Waals surface area contributed by atoms with Gasteiger partial charge in [-0.3, -0.25) is 14.4 Å². The van der Waals surface area contributed by atoms with Gasteiger partial charge < -0.3 is 4.74 Å². The smallest absolute Gasteiger partial charge is 0.274 e. The number of rotatable bonds is 7. The molecule has 0 spiro atoms. The van der Waals surface area contributed by atoms with Crippen LogP contribution in [0.25, 0.3) is 0 Å². The van der Waals surface area contributed by atoms with Crippen molar-refractivity contribution in [3.63, 3.8) is 0 Å². The summed E-state index contributed by atoms with van der Waals surface area (Å²) in [5, 5.41) is 12.6. The lowest BCUT2D eigenvalue weighted by Crippen LogP contribution is -2.31. The first kappa shape index (κ1) is 17.0. The Bertz CT molecular complexity index is 816. The molecule has 0 bridgehead atoms. The Hall–Kier alpha value is -2.39. The van der Waals surface area contributed by atoms with Crippen LogP contribution in [0.1, 0.15) is 0 Å². The summed E-state index contributed by atoms with van der Waals surface area (Å²) in [6, 6.07) is 6.89. The minimum Gasteiger partial charge on any atom is -0.495 e. The van der Waals surface area contributed by atoms with Crippen LogP contribution in [-0.2, 0) is 10.0 Å². The summed E-state index contributed by atoms with van der Waals surface area (Å²) in [5.74, 6) is 0.220. The number of methoxy groups -OCH3 is 1. The summed E-state index contributed by atoms with van der Waals surface area (Å²) in [7, 11) is -2.50. The molecule has 0 N–H and O–H groups in total. The Kier molecular flexibility index (Phi) is 5.02. The summed E-state index contributed by atoms with van der Waals surface area (Å²) in [6.45, 7) is 3.51. The molecule has 1 aromatic carbocycles. The molecule has 2 rings (SSSR count). The number of hydrogen-bond acceptors (Lipinski definition) is 6. The number of nitro benzene ring substituents is 1. The monoisotopic (exact) mass is 354 g/mol. The number of hydrogen-bond donors (Lipinski definition) is 0. The van der Waals surface area contributed by atoms with E-state index in [4.69, 9.17) is 4.74 Å². The standard InChI is InChI=1S/C14H14N2O5S2/c1-3-8-15(23(19,20)14-5-4-9-22-14)12-10-11(16(17)18)6-7-13(12)21-2/h3-7,9-10H,1,8H2,2H3. The molecule has 0 amide bonds. The number of thiophene rings is 1. The van der Waals surface area contributed by atoms with E-state index in [0.29, 0.717) is 0 Å². The van der Waals surface area contributed by atoms with Gasteiger partial charge in [0, 0.05) is 12.1 Å². The van der Waals surface area contributed by atoms with Crippen LogP contribution in [0.3, 0.4) is 0 Å². The van der Waals surface area contributed by atoms with Gasteiger partial charge in [0.15, 0.2) is 0 Å². The van der Waals surface area contributed by atoms with Gasteiger partial charge in [-0.25, -0.2) is 8.42 Å². The molecule has 0 aliphatic rings. The predicted octanol–water partition coefficient (Wildman–Crippen LogP) is 3.05. The molecule has 9 heteroatoms. The molecule has 0 radical (unpaired) electrons. The van der Waals surface area contributed by atoms with Crippen LogP contribution < -0.4 is 9.04 Å². The molecule has 0 aliphatic carbocycles. The molecule has 122 valence electrons. The topological polar surface area (TPSA) is 89.8 Å². The lowest BCUT2D eigenvalue weighted by Gasteiger charge is -2.23. The highest BCUT2D eigenvalue weighted by Gasteiger charge is 2.28. The molecule has 1 heterocycles. The average Bonchev–Trinajstić information content (AvgIpc) is 3.07. The van der Waals surface area contributed by atoms with Crippen molar-refractivity contribution in [1.29, 1.82) is 0 Å². The van der Waals surface area contributed by atoms with Crippen molar-refractivity contribution in [3.8, 4) is 5.75 Å². The van der Waals surface area contributed by atoms with Crippen molar-refractivity contribution >= 4 is 32.7 Å². The van der Waals surface area contributed by atoms with Crippen LogP contribution in [0.15, 0.2) is 52.6 Å². The van der Waals surface area contributed by atoms with Gasteiger partial charge in [0.25, 0.3) is 15.7 Å². The van der Waals surface area contributed by atoms with Gasteiger partial charge in [0.1, 0.15) is 15.6 Å².